The molecule has 90 valence electrons. The summed E-state index contributed by atoms with van der Waals surface area (Å²) >= 11 is 0. The summed E-state index contributed by atoms with van der Waals surface area (Å²) in [6.45, 7) is 3.72. The van der Waals surface area contributed by atoms with Gasteiger partial charge in [-0.2, -0.15) is 5.10 Å². The lowest BCUT2D eigenvalue weighted by Gasteiger charge is -2.12. The van der Waals surface area contributed by atoms with Gasteiger partial charge in [-0.1, -0.05) is 6.92 Å². The second-order valence-electron chi connectivity index (χ2n) is 3.86. The molecule has 0 aliphatic rings. The number of nitrogens with zero attached hydrogens (tertiary/aromatic N) is 3. The van der Waals surface area contributed by atoms with Crippen molar-refractivity contribution in [3.8, 4) is 0 Å². The van der Waals surface area contributed by atoms with E-state index in [1.165, 1.54) is 0 Å². The number of nitrogens with one attached hydrogen (secondary N) is 1. The van der Waals surface area contributed by atoms with Gasteiger partial charge < -0.3 is 5.32 Å². The highest BCUT2D eigenvalue weighted by Gasteiger charge is 2.25. The summed E-state index contributed by atoms with van der Waals surface area (Å²) in [5.74, 6) is 0. The van der Waals surface area contributed by atoms with Crippen LogP contribution in [0.3, 0.4) is 0 Å². The molecule has 0 aliphatic heterocycles. The van der Waals surface area contributed by atoms with Crippen LogP contribution in [-0.4, -0.2) is 27.8 Å². The Kier molecular flexibility index (Phi) is 4.00. The van der Waals surface area contributed by atoms with Crippen molar-refractivity contribution in [2.75, 3.05) is 7.05 Å². The molecule has 0 saturated heterocycles. The van der Waals surface area contributed by atoms with Crippen LogP contribution in [0.5, 0.6) is 0 Å². The molecule has 0 amide bonds. The zero-order valence-corrected chi connectivity index (χ0v) is 10.1. The molecular weight excluding hydrogens is 208 g/mol. The maximum atomic E-state index is 10.9. The van der Waals surface area contributed by atoms with Crippen molar-refractivity contribution >= 4 is 5.69 Å². The zero-order valence-electron chi connectivity index (χ0n) is 10.1. The third-order valence-electron chi connectivity index (χ3n) is 2.83. The van der Waals surface area contributed by atoms with Crippen LogP contribution in [0.2, 0.25) is 0 Å². The van der Waals surface area contributed by atoms with Gasteiger partial charge in [0.25, 0.3) is 0 Å². The third-order valence-corrected chi connectivity index (χ3v) is 2.83. The lowest BCUT2D eigenvalue weighted by atomic mass is 10.1. The van der Waals surface area contributed by atoms with Gasteiger partial charge in [0.15, 0.2) is 0 Å². The maximum Gasteiger partial charge on any atom is 0.313 e. The molecule has 0 spiro atoms. The first kappa shape index (κ1) is 12.6. The van der Waals surface area contributed by atoms with Crippen molar-refractivity contribution in [3.63, 3.8) is 0 Å². The minimum absolute atomic E-state index is 0.149. The van der Waals surface area contributed by atoms with Crippen LogP contribution >= 0.6 is 0 Å². The Morgan fingerprint density at radius 3 is 2.69 bits per heavy atom. The fraction of sp³-hybridized carbons (Fsp3) is 0.700. The van der Waals surface area contributed by atoms with Gasteiger partial charge in [-0.05, 0) is 20.4 Å². The highest BCUT2D eigenvalue weighted by atomic mass is 16.6. The first-order chi connectivity index (χ1) is 7.51. The molecule has 0 saturated carbocycles. The Labute approximate surface area is 94.8 Å². The van der Waals surface area contributed by atoms with Crippen molar-refractivity contribution in [1.29, 1.82) is 0 Å². The van der Waals surface area contributed by atoms with Crippen molar-refractivity contribution in [2.45, 2.75) is 32.7 Å². The van der Waals surface area contributed by atoms with E-state index < -0.39 is 0 Å². The molecule has 1 N–H and O–H groups in total. The van der Waals surface area contributed by atoms with Gasteiger partial charge in [-0.3, -0.25) is 14.8 Å². The van der Waals surface area contributed by atoms with E-state index in [0.717, 1.165) is 6.42 Å². The van der Waals surface area contributed by atoms with Crippen molar-refractivity contribution in [1.82, 2.24) is 15.1 Å². The maximum absolute atomic E-state index is 10.9. The van der Waals surface area contributed by atoms with E-state index in [2.05, 4.69) is 17.3 Å². The van der Waals surface area contributed by atoms with Crippen LogP contribution in [0.1, 0.15) is 24.7 Å². The second-order valence-corrected chi connectivity index (χ2v) is 3.86. The molecule has 1 atom stereocenters. The molecule has 0 aliphatic carbocycles. The average Bonchev–Trinajstić information content (AvgIpc) is 2.49. The molecule has 1 heterocycles. The average molecular weight is 226 g/mol. The molecular formula is C10H18N4O2. The van der Waals surface area contributed by atoms with Crippen LogP contribution in [0, 0.1) is 17.0 Å². The van der Waals surface area contributed by atoms with Crippen LogP contribution in [0.4, 0.5) is 5.69 Å². The standard InChI is InChI=1S/C10H18N4O2/c1-5-8(11-3)6-9-10(14(15)16)7(2)12-13(9)4/h8,11H,5-6H2,1-4H3. The van der Waals surface area contributed by atoms with E-state index in [1.807, 2.05) is 7.05 Å². The van der Waals surface area contributed by atoms with E-state index in [1.54, 1.807) is 18.7 Å². The minimum Gasteiger partial charge on any atom is -0.317 e. The number of rotatable bonds is 5. The summed E-state index contributed by atoms with van der Waals surface area (Å²) in [5.41, 5.74) is 1.31. The summed E-state index contributed by atoms with van der Waals surface area (Å²) in [6, 6.07) is 0.244. The van der Waals surface area contributed by atoms with Gasteiger partial charge in [-0.15, -0.1) is 0 Å². The van der Waals surface area contributed by atoms with E-state index >= 15 is 0 Å². The number of nitro groups is 1. The van der Waals surface area contributed by atoms with Crippen LogP contribution in [-0.2, 0) is 13.5 Å². The number of hydrogen-bond donors (Lipinski definition) is 1. The van der Waals surface area contributed by atoms with Crippen molar-refractivity contribution in [2.24, 2.45) is 7.05 Å². The predicted molar refractivity (Wildman–Crippen MR) is 61.4 cm³/mol. The smallest absolute Gasteiger partial charge is 0.313 e. The molecule has 0 aromatic carbocycles. The number of aromatic nitrogens is 2. The molecule has 6 nitrogen and oxygen atoms in total. The van der Waals surface area contributed by atoms with Crippen LogP contribution < -0.4 is 5.32 Å². The monoisotopic (exact) mass is 226 g/mol. The largest absolute Gasteiger partial charge is 0.317 e. The fourth-order valence-electron chi connectivity index (χ4n) is 1.84. The summed E-state index contributed by atoms with van der Waals surface area (Å²) in [4.78, 5) is 10.6. The summed E-state index contributed by atoms with van der Waals surface area (Å²) < 4.78 is 1.60. The highest BCUT2D eigenvalue weighted by Crippen LogP contribution is 2.23. The first-order valence-electron chi connectivity index (χ1n) is 5.35. The second kappa shape index (κ2) is 5.07. The van der Waals surface area contributed by atoms with Gasteiger partial charge in [0.05, 0.1) is 4.92 Å². The third kappa shape index (κ3) is 2.38. The Balaban J connectivity index is 3.07. The summed E-state index contributed by atoms with van der Waals surface area (Å²) in [5, 5.41) is 18.2. The van der Waals surface area contributed by atoms with Crippen molar-refractivity contribution < 1.29 is 4.92 Å². The lowest BCUT2D eigenvalue weighted by Crippen LogP contribution is -2.27. The topological polar surface area (TPSA) is 73.0 Å². The Bertz CT molecular complexity index is 382. The molecule has 0 fully saturated rings. The van der Waals surface area contributed by atoms with E-state index in [9.17, 15) is 10.1 Å². The highest BCUT2D eigenvalue weighted by molar-refractivity contribution is 5.40. The quantitative estimate of drug-likeness (QED) is 0.604. The van der Waals surface area contributed by atoms with Gasteiger partial charge in [0.1, 0.15) is 11.4 Å². The molecule has 1 rings (SSSR count). The van der Waals surface area contributed by atoms with E-state index in [-0.39, 0.29) is 16.7 Å². The van der Waals surface area contributed by atoms with Gasteiger partial charge in [0.2, 0.25) is 0 Å². The number of aryl methyl sites for hydroxylation is 2. The Morgan fingerprint density at radius 2 is 2.25 bits per heavy atom. The van der Waals surface area contributed by atoms with E-state index in [4.69, 9.17) is 0 Å². The van der Waals surface area contributed by atoms with Gasteiger partial charge in [-0.25, -0.2) is 0 Å². The minimum atomic E-state index is -0.347. The zero-order chi connectivity index (χ0) is 12.3. The Hall–Kier alpha value is -1.43. The van der Waals surface area contributed by atoms with Gasteiger partial charge in [0, 0.05) is 19.5 Å². The molecule has 16 heavy (non-hydrogen) atoms. The summed E-state index contributed by atoms with van der Waals surface area (Å²) in [6.07, 6.45) is 1.55. The molecule has 0 bridgehead atoms. The molecule has 1 aromatic heterocycles. The molecule has 1 aromatic rings. The number of hydrogen-bond acceptors (Lipinski definition) is 4. The van der Waals surface area contributed by atoms with Gasteiger partial charge >= 0.3 is 5.69 Å². The van der Waals surface area contributed by atoms with Crippen molar-refractivity contribution in [3.05, 3.63) is 21.5 Å². The van der Waals surface area contributed by atoms with E-state index in [0.29, 0.717) is 17.8 Å². The molecule has 0 radical (unpaired) electrons. The first-order valence-corrected chi connectivity index (χ1v) is 5.35. The van der Waals surface area contributed by atoms with Crippen LogP contribution in [0.15, 0.2) is 0 Å². The molecule has 1 unspecified atom stereocenters. The molecule has 6 heteroatoms. The van der Waals surface area contributed by atoms with Crippen LogP contribution in [0.25, 0.3) is 0 Å². The fourth-order valence-corrected chi connectivity index (χ4v) is 1.84. The summed E-state index contributed by atoms with van der Waals surface area (Å²) in [7, 11) is 3.61. The Morgan fingerprint density at radius 1 is 1.62 bits per heavy atom. The number of likely N-dealkylation sites (N-methyl/N-ethyl adjacent to an activating group) is 1. The normalized spacial score (nSPS) is 12.8. The predicted octanol–water partition coefficient (Wildman–Crippen LogP) is 1.18. The SMILES string of the molecule is CCC(Cc1c([N+](=O)[O-])c(C)nn1C)NC. The lowest BCUT2D eigenvalue weighted by molar-refractivity contribution is -0.386.